The third kappa shape index (κ3) is 1.31. The number of benzene rings is 1. The number of hydrogen-bond acceptors (Lipinski definition) is 3. The number of anilines is 1. The molecule has 0 fully saturated rings. The first kappa shape index (κ1) is 8.53. The van der Waals surface area contributed by atoms with Gasteiger partial charge in [-0.05, 0) is 30.4 Å². The third-order valence-corrected chi connectivity index (χ3v) is 2.95. The van der Waals surface area contributed by atoms with E-state index in [-0.39, 0.29) is 0 Å². The number of nitrogens with two attached hydrogens (primary N) is 1. The predicted octanol–water partition coefficient (Wildman–Crippen LogP) is 2.41. The van der Waals surface area contributed by atoms with Crippen molar-refractivity contribution in [1.29, 1.82) is 0 Å². The minimum Gasteiger partial charge on any atom is -0.368 e. The van der Waals surface area contributed by atoms with E-state index in [2.05, 4.69) is 23.4 Å². The fourth-order valence-corrected chi connectivity index (χ4v) is 2.28. The summed E-state index contributed by atoms with van der Waals surface area (Å²) in [4.78, 5) is 0. The fraction of sp³-hybridized carbons (Fsp3) is 0.250. The Labute approximate surface area is 87.9 Å². The van der Waals surface area contributed by atoms with Gasteiger partial charge in [-0.2, -0.15) is 0 Å². The maximum absolute atomic E-state index is 5.53. The summed E-state index contributed by atoms with van der Waals surface area (Å²) in [5.41, 5.74) is 10.4. The number of fused-ring (bicyclic) bond motifs is 1. The first-order valence-electron chi connectivity index (χ1n) is 5.18. The third-order valence-electron chi connectivity index (χ3n) is 2.95. The summed E-state index contributed by atoms with van der Waals surface area (Å²) in [5, 5.41) is 3.96. The topological polar surface area (TPSA) is 52.0 Å². The van der Waals surface area contributed by atoms with E-state index in [0.29, 0.717) is 5.88 Å². The van der Waals surface area contributed by atoms with Crippen molar-refractivity contribution < 1.29 is 4.52 Å². The van der Waals surface area contributed by atoms with Gasteiger partial charge in [-0.15, -0.1) is 0 Å². The van der Waals surface area contributed by atoms with Gasteiger partial charge in [0, 0.05) is 11.6 Å². The summed E-state index contributed by atoms with van der Waals surface area (Å²) in [6.07, 6.45) is 3.55. The molecular formula is C12H12N2O. The van der Waals surface area contributed by atoms with E-state index in [9.17, 15) is 0 Å². The highest BCUT2D eigenvalue weighted by atomic mass is 16.5. The second-order valence-corrected chi connectivity index (χ2v) is 3.91. The van der Waals surface area contributed by atoms with Crippen molar-refractivity contribution in [3.05, 3.63) is 35.4 Å². The standard InChI is InChI=1S/C12H12N2O/c13-12-7-11(14-15-12)10-6-2-4-8-3-1-5-9(8)10/h2,4,6-7H,1,3,5,13H2. The quantitative estimate of drug-likeness (QED) is 0.769. The molecule has 3 rings (SSSR count). The van der Waals surface area contributed by atoms with Crippen molar-refractivity contribution in [2.24, 2.45) is 0 Å². The monoisotopic (exact) mass is 200 g/mol. The first-order chi connectivity index (χ1) is 7.34. The zero-order valence-corrected chi connectivity index (χ0v) is 8.36. The number of nitrogens with zero attached hydrogens (tertiary/aromatic N) is 1. The maximum Gasteiger partial charge on any atom is 0.222 e. The lowest BCUT2D eigenvalue weighted by Gasteiger charge is -2.04. The predicted molar refractivity (Wildman–Crippen MR) is 58.4 cm³/mol. The van der Waals surface area contributed by atoms with Crippen LogP contribution in [0.25, 0.3) is 11.3 Å². The van der Waals surface area contributed by atoms with Gasteiger partial charge in [0.05, 0.1) is 0 Å². The van der Waals surface area contributed by atoms with Crippen molar-refractivity contribution in [2.45, 2.75) is 19.3 Å². The van der Waals surface area contributed by atoms with Crippen LogP contribution in [0.4, 0.5) is 5.88 Å². The van der Waals surface area contributed by atoms with Crippen LogP contribution in [-0.4, -0.2) is 5.16 Å². The Kier molecular flexibility index (Phi) is 1.78. The molecule has 2 N–H and O–H groups in total. The minimum absolute atomic E-state index is 0.376. The average molecular weight is 200 g/mol. The van der Waals surface area contributed by atoms with Gasteiger partial charge in [-0.25, -0.2) is 0 Å². The molecule has 0 atom stereocenters. The molecule has 76 valence electrons. The summed E-state index contributed by atoms with van der Waals surface area (Å²) in [6, 6.07) is 8.13. The molecular weight excluding hydrogens is 188 g/mol. The van der Waals surface area contributed by atoms with Gasteiger partial charge < -0.3 is 10.3 Å². The SMILES string of the molecule is Nc1cc(-c2cccc3c2CCC3)no1. The Morgan fingerprint density at radius 2 is 2.20 bits per heavy atom. The Bertz CT molecular complexity index is 502. The molecule has 0 bridgehead atoms. The molecule has 3 nitrogen and oxygen atoms in total. The van der Waals surface area contributed by atoms with Gasteiger partial charge in [0.1, 0.15) is 5.69 Å². The molecule has 0 spiro atoms. The minimum atomic E-state index is 0.376. The van der Waals surface area contributed by atoms with Crippen molar-refractivity contribution in [2.75, 3.05) is 5.73 Å². The van der Waals surface area contributed by atoms with Crippen molar-refractivity contribution in [3.63, 3.8) is 0 Å². The average Bonchev–Trinajstić information content (AvgIpc) is 2.84. The number of rotatable bonds is 1. The molecule has 15 heavy (non-hydrogen) atoms. The highest BCUT2D eigenvalue weighted by Gasteiger charge is 2.16. The van der Waals surface area contributed by atoms with Crippen LogP contribution >= 0.6 is 0 Å². The Morgan fingerprint density at radius 3 is 3.00 bits per heavy atom. The van der Waals surface area contributed by atoms with Gasteiger partial charge in [0.25, 0.3) is 0 Å². The van der Waals surface area contributed by atoms with Crippen molar-refractivity contribution >= 4 is 5.88 Å². The zero-order chi connectivity index (χ0) is 10.3. The van der Waals surface area contributed by atoms with Gasteiger partial charge in [-0.1, -0.05) is 23.4 Å². The van der Waals surface area contributed by atoms with E-state index < -0.39 is 0 Å². The van der Waals surface area contributed by atoms with E-state index in [0.717, 1.165) is 12.1 Å². The molecule has 0 amide bonds. The van der Waals surface area contributed by atoms with Crippen LogP contribution in [0.2, 0.25) is 0 Å². The van der Waals surface area contributed by atoms with Gasteiger partial charge in [0.15, 0.2) is 0 Å². The molecule has 2 aromatic rings. The van der Waals surface area contributed by atoms with Gasteiger partial charge in [-0.3, -0.25) is 0 Å². The van der Waals surface area contributed by atoms with Gasteiger partial charge >= 0.3 is 0 Å². The largest absolute Gasteiger partial charge is 0.368 e. The second kappa shape index (κ2) is 3.12. The highest BCUT2D eigenvalue weighted by molar-refractivity contribution is 5.67. The lowest BCUT2D eigenvalue weighted by Crippen LogP contribution is -1.87. The van der Waals surface area contributed by atoms with Crippen LogP contribution < -0.4 is 5.73 Å². The number of aryl methyl sites for hydroxylation is 1. The molecule has 1 heterocycles. The number of hydrogen-bond donors (Lipinski definition) is 1. The lowest BCUT2D eigenvalue weighted by atomic mass is 10.0. The highest BCUT2D eigenvalue weighted by Crippen LogP contribution is 2.32. The number of nitrogen functional groups attached to an aromatic ring is 1. The summed E-state index contributed by atoms with van der Waals surface area (Å²) in [7, 11) is 0. The normalized spacial score (nSPS) is 14.1. The Morgan fingerprint density at radius 1 is 1.27 bits per heavy atom. The molecule has 3 heteroatoms. The Balaban J connectivity index is 2.16. The summed E-state index contributed by atoms with van der Waals surface area (Å²) in [5.74, 6) is 0.376. The summed E-state index contributed by atoms with van der Waals surface area (Å²) >= 11 is 0. The van der Waals surface area contributed by atoms with Crippen LogP contribution in [0.3, 0.4) is 0 Å². The van der Waals surface area contributed by atoms with Crippen LogP contribution in [0.1, 0.15) is 17.5 Å². The summed E-state index contributed by atoms with van der Waals surface area (Å²) < 4.78 is 4.91. The number of aromatic nitrogens is 1. The van der Waals surface area contributed by atoms with Crippen LogP contribution in [-0.2, 0) is 12.8 Å². The van der Waals surface area contributed by atoms with Crippen LogP contribution in [0.5, 0.6) is 0 Å². The molecule has 0 unspecified atom stereocenters. The molecule has 1 aromatic carbocycles. The molecule has 1 aromatic heterocycles. The molecule has 0 saturated carbocycles. The van der Waals surface area contributed by atoms with Gasteiger partial charge in [0.2, 0.25) is 5.88 Å². The molecule has 1 aliphatic rings. The maximum atomic E-state index is 5.53. The molecule has 0 aliphatic heterocycles. The molecule has 1 aliphatic carbocycles. The Hall–Kier alpha value is -1.77. The first-order valence-corrected chi connectivity index (χ1v) is 5.18. The van der Waals surface area contributed by atoms with Crippen LogP contribution in [0.15, 0.2) is 28.8 Å². The fourth-order valence-electron chi connectivity index (χ4n) is 2.28. The van der Waals surface area contributed by atoms with E-state index in [1.165, 1.54) is 29.5 Å². The molecule has 0 saturated heterocycles. The van der Waals surface area contributed by atoms with E-state index >= 15 is 0 Å². The van der Waals surface area contributed by atoms with Crippen molar-refractivity contribution in [3.8, 4) is 11.3 Å². The summed E-state index contributed by atoms with van der Waals surface area (Å²) in [6.45, 7) is 0. The van der Waals surface area contributed by atoms with Crippen LogP contribution in [0, 0.1) is 0 Å². The van der Waals surface area contributed by atoms with E-state index in [4.69, 9.17) is 10.3 Å². The second-order valence-electron chi connectivity index (χ2n) is 3.91. The lowest BCUT2D eigenvalue weighted by molar-refractivity contribution is 0.439. The zero-order valence-electron chi connectivity index (χ0n) is 8.36. The van der Waals surface area contributed by atoms with E-state index in [1.54, 1.807) is 6.07 Å². The van der Waals surface area contributed by atoms with E-state index in [1.807, 2.05) is 0 Å². The smallest absolute Gasteiger partial charge is 0.222 e. The molecule has 0 radical (unpaired) electrons. The van der Waals surface area contributed by atoms with Crippen molar-refractivity contribution in [1.82, 2.24) is 5.16 Å².